The van der Waals surface area contributed by atoms with Crippen molar-refractivity contribution in [3.8, 4) is 23.3 Å². The molecule has 1 saturated heterocycles. The monoisotopic (exact) mass is 542 g/mol. The number of hydrogen-bond acceptors (Lipinski definition) is 10. The number of thiophene rings is 1. The second-order valence-corrected chi connectivity index (χ2v) is 10.2. The smallest absolute Gasteiger partial charge is 0.317 e. The van der Waals surface area contributed by atoms with Gasteiger partial charge in [-0.2, -0.15) is 10.2 Å². The zero-order valence-electron chi connectivity index (χ0n) is 19.9. The average Bonchev–Trinajstić information content (AvgIpc) is 3.61. The van der Waals surface area contributed by atoms with Crippen LogP contribution in [0.25, 0.3) is 32.2 Å². The number of fused-ring (bicyclic) bond motifs is 4. The van der Waals surface area contributed by atoms with E-state index < -0.39 is 17.8 Å². The number of rotatable bonds is 6. The van der Waals surface area contributed by atoms with Gasteiger partial charge >= 0.3 is 6.01 Å². The highest BCUT2D eigenvalue weighted by molar-refractivity contribution is 7.23. The molecule has 5 heterocycles. The fourth-order valence-corrected chi connectivity index (χ4v) is 6.19. The summed E-state index contributed by atoms with van der Waals surface area (Å²) in [5, 5.41) is 19.6. The van der Waals surface area contributed by atoms with Gasteiger partial charge in [-0.05, 0) is 17.5 Å². The lowest BCUT2D eigenvalue weighted by atomic mass is 9.94. The summed E-state index contributed by atoms with van der Waals surface area (Å²) in [5.74, 6) is -1.40. The Labute approximate surface area is 218 Å². The van der Waals surface area contributed by atoms with E-state index in [0.717, 1.165) is 17.5 Å². The van der Waals surface area contributed by atoms with Crippen molar-refractivity contribution in [3.05, 3.63) is 40.7 Å². The van der Waals surface area contributed by atoms with Gasteiger partial charge in [-0.3, -0.25) is 9.88 Å². The normalized spacial score (nSPS) is 19.3. The van der Waals surface area contributed by atoms with Crippen LogP contribution < -0.4 is 10.5 Å². The van der Waals surface area contributed by atoms with Gasteiger partial charge in [0.15, 0.2) is 11.6 Å². The molecule has 0 saturated carbocycles. The van der Waals surface area contributed by atoms with Crippen LogP contribution in [0.4, 0.5) is 18.2 Å². The molecule has 38 heavy (non-hydrogen) atoms. The maximum atomic E-state index is 16.3. The number of pyridine rings is 1. The van der Waals surface area contributed by atoms with Gasteiger partial charge in [-0.1, -0.05) is 0 Å². The van der Waals surface area contributed by atoms with E-state index in [-0.39, 0.29) is 88.9 Å². The van der Waals surface area contributed by atoms with Crippen molar-refractivity contribution < 1.29 is 27.8 Å². The highest BCUT2D eigenvalue weighted by Gasteiger charge is 2.33. The van der Waals surface area contributed by atoms with E-state index in [1.54, 1.807) is 4.90 Å². The Morgan fingerprint density at radius 2 is 2.08 bits per heavy atom. The first kappa shape index (κ1) is 24.7. The number of halogens is 3. The summed E-state index contributed by atoms with van der Waals surface area (Å²) >= 11 is 0.901. The van der Waals surface area contributed by atoms with Crippen molar-refractivity contribution in [2.24, 2.45) is 0 Å². The van der Waals surface area contributed by atoms with E-state index in [9.17, 15) is 19.1 Å². The summed E-state index contributed by atoms with van der Waals surface area (Å²) in [5.41, 5.74) is 7.26. The number of nitrogen functional groups attached to an aromatic ring is 1. The fraction of sp³-hybridized carbons (Fsp3) is 0.360. The maximum Gasteiger partial charge on any atom is 0.317 e. The van der Waals surface area contributed by atoms with Crippen molar-refractivity contribution in [3.63, 3.8) is 0 Å². The summed E-state index contributed by atoms with van der Waals surface area (Å²) < 4.78 is 56.3. The minimum Gasteiger partial charge on any atom is -0.462 e. The molecule has 0 amide bonds. The molecule has 2 aliphatic heterocycles. The molecule has 3 aromatic heterocycles. The molecule has 0 radical (unpaired) electrons. The van der Waals surface area contributed by atoms with Crippen LogP contribution in [-0.2, 0) is 18.0 Å². The van der Waals surface area contributed by atoms with E-state index in [1.165, 1.54) is 6.20 Å². The largest absolute Gasteiger partial charge is 0.462 e. The molecule has 0 bridgehead atoms. The minimum absolute atomic E-state index is 0.0287. The molecule has 2 atom stereocenters. The molecule has 1 aromatic carbocycles. The molecule has 4 aromatic rings. The van der Waals surface area contributed by atoms with Gasteiger partial charge in [0.2, 0.25) is 0 Å². The van der Waals surface area contributed by atoms with Crippen LogP contribution in [0, 0.1) is 23.0 Å². The molecular formula is C25H21F3N6O3S. The number of likely N-dealkylation sites (tertiary alicyclic amines) is 1. The van der Waals surface area contributed by atoms with E-state index in [0.29, 0.717) is 23.1 Å². The van der Waals surface area contributed by atoms with E-state index in [2.05, 4.69) is 15.0 Å². The number of aliphatic hydroxyl groups excluding tert-OH is 1. The first-order valence-electron chi connectivity index (χ1n) is 11.9. The fourth-order valence-electron chi connectivity index (χ4n) is 5.27. The Balaban J connectivity index is 1.46. The quantitative estimate of drug-likeness (QED) is 0.376. The lowest BCUT2D eigenvalue weighted by Crippen LogP contribution is -2.36. The number of hydrogen-bond donors (Lipinski definition) is 2. The molecule has 9 nitrogen and oxygen atoms in total. The van der Waals surface area contributed by atoms with Gasteiger partial charge in [-0.25, -0.2) is 18.2 Å². The Kier molecular flexibility index (Phi) is 6.27. The van der Waals surface area contributed by atoms with E-state index in [1.807, 2.05) is 6.07 Å². The number of nitriles is 1. The van der Waals surface area contributed by atoms with Gasteiger partial charge in [0.25, 0.3) is 0 Å². The standard InChI is InChI=1S/C25H21F3N6O3S/c26-11-3-12(34(7-11)1-2-35)8-37-25-32-5-14-15-9-36-10-16(15)18(20(28)21(14)33-25)22-19-13(4-29)24(30)38-23(19)17(27)6-31-22/h5-6,11-12,35H,1-3,7-10,30H2/t11?,12-/m0/s1. The number of aliphatic hydroxyl groups is 1. The Morgan fingerprint density at radius 3 is 2.87 bits per heavy atom. The Hall–Kier alpha value is -3.57. The van der Waals surface area contributed by atoms with Crippen LogP contribution in [0.15, 0.2) is 12.4 Å². The molecule has 1 fully saturated rings. The lowest BCUT2D eigenvalue weighted by Gasteiger charge is -2.22. The molecule has 1 unspecified atom stereocenters. The predicted molar refractivity (Wildman–Crippen MR) is 133 cm³/mol. The molecule has 6 rings (SSSR count). The third kappa shape index (κ3) is 3.92. The molecule has 196 valence electrons. The average molecular weight is 543 g/mol. The number of aromatic nitrogens is 3. The summed E-state index contributed by atoms with van der Waals surface area (Å²) in [4.78, 5) is 14.5. The summed E-state index contributed by atoms with van der Waals surface area (Å²) in [6, 6.07) is 1.60. The van der Waals surface area contributed by atoms with Gasteiger partial charge in [0.1, 0.15) is 29.4 Å². The lowest BCUT2D eigenvalue weighted by molar-refractivity contribution is 0.135. The van der Waals surface area contributed by atoms with E-state index >= 15 is 4.39 Å². The molecule has 2 aliphatic rings. The van der Waals surface area contributed by atoms with Crippen molar-refractivity contribution in [2.45, 2.75) is 31.8 Å². The van der Waals surface area contributed by atoms with Gasteiger partial charge in [-0.15, -0.1) is 11.3 Å². The molecule has 3 N–H and O–H groups in total. The molecular weight excluding hydrogens is 521 g/mol. The van der Waals surface area contributed by atoms with Crippen molar-refractivity contribution >= 4 is 37.3 Å². The summed E-state index contributed by atoms with van der Waals surface area (Å²) in [6.45, 7) is 0.742. The molecule has 0 spiro atoms. The zero-order chi connectivity index (χ0) is 26.6. The first-order valence-corrected chi connectivity index (χ1v) is 12.7. The van der Waals surface area contributed by atoms with Gasteiger partial charge < -0.3 is 20.3 Å². The number of anilines is 1. The van der Waals surface area contributed by atoms with Crippen LogP contribution in [0.5, 0.6) is 6.01 Å². The third-order valence-electron chi connectivity index (χ3n) is 6.99. The Morgan fingerprint density at radius 1 is 1.26 bits per heavy atom. The van der Waals surface area contributed by atoms with E-state index in [4.69, 9.17) is 15.2 Å². The number of alkyl halides is 1. The number of nitrogens with zero attached hydrogens (tertiary/aromatic N) is 5. The second kappa shape index (κ2) is 9.63. The van der Waals surface area contributed by atoms with Crippen LogP contribution in [0.3, 0.4) is 0 Å². The van der Waals surface area contributed by atoms with Gasteiger partial charge in [0.05, 0.1) is 42.0 Å². The summed E-state index contributed by atoms with van der Waals surface area (Å²) in [6.07, 6.45) is 1.65. The molecule has 13 heteroatoms. The topological polar surface area (TPSA) is 130 Å². The number of ether oxygens (including phenoxy) is 2. The number of nitrogens with two attached hydrogens (primary N) is 1. The van der Waals surface area contributed by atoms with Crippen molar-refractivity contribution in [1.82, 2.24) is 19.9 Å². The molecule has 0 aliphatic carbocycles. The number of β-amino-alcohol motifs (C(OH)–C–C–N with tert-alkyl or cyclic N) is 1. The van der Waals surface area contributed by atoms with Crippen LogP contribution in [-0.4, -0.2) is 63.5 Å². The third-order valence-corrected chi connectivity index (χ3v) is 8.02. The van der Waals surface area contributed by atoms with Crippen molar-refractivity contribution in [2.75, 3.05) is 32.0 Å². The highest BCUT2D eigenvalue weighted by Crippen LogP contribution is 2.45. The Bertz CT molecular complexity index is 1620. The van der Waals surface area contributed by atoms with Gasteiger partial charge in [0, 0.05) is 41.7 Å². The highest BCUT2D eigenvalue weighted by atomic mass is 32.1. The van der Waals surface area contributed by atoms with Crippen molar-refractivity contribution in [1.29, 1.82) is 5.26 Å². The second-order valence-electron chi connectivity index (χ2n) is 9.18. The van der Waals surface area contributed by atoms with Crippen LogP contribution in [0.1, 0.15) is 23.1 Å². The predicted octanol–water partition coefficient (Wildman–Crippen LogP) is 3.45. The SMILES string of the molecule is N#Cc1c(N)sc2c(F)cnc(-c3c4c(c5cnc(OC[C@@H]6CC(F)CN6CCO)nc5c3F)COC4)c12. The minimum atomic E-state index is -1.03. The zero-order valence-corrected chi connectivity index (χ0v) is 20.7. The first-order chi connectivity index (χ1) is 18.4. The van der Waals surface area contributed by atoms with Crippen LogP contribution >= 0.6 is 11.3 Å². The summed E-state index contributed by atoms with van der Waals surface area (Å²) in [7, 11) is 0. The van der Waals surface area contributed by atoms with Crippen LogP contribution in [0.2, 0.25) is 0 Å². The number of benzene rings is 1. The maximum absolute atomic E-state index is 16.3.